The number of rotatable bonds is 14. The highest BCUT2D eigenvalue weighted by Gasteiger charge is 2.30. The van der Waals surface area contributed by atoms with Crippen molar-refractivity contribution in [2.24, 2.45) is 0 Å². The van der Waals surface area contributed by atoms with E-state index in [0.29, 0.717) is 11.4 Å². The lowest BCUT2D eigenvalue weighted by atomic mass is 10.1. The van der Waals surface area contributed by atoms with Gasteiger partial charge in [-0.15, -0.1) is 9.05 Å². The summed E-state index contributed by atoms with van der Waals surface area (Å²) in [6.45, 7) is 3.87. The molecule has 4 aromatic carbocycles. The van der Waals surface area contributed by atoms with Crippen LogP contribution in [0.1, 0.15) is 32.1 Å². The lowest BCUT2D eigenvalue weighted by molar-refractivity contribution is 0.101. The Balaban J connectivity index is 0.995. The third kappa shape index (κ3) is 10.1. The highest BCUT2D eigenvalue weighted by Crippen LogP contribution is 2.29. The van der Waals surface area contributed by atoms with Gasteiger partial charge in [-0.3, -0.25) is 9.59 Å². The number of nitrogens with one attached hydrogen (secondary N) is 2. The first-order valence-electron chi connectivity index (χ1n) is 17.0. The van der Waals surface area contributed by atoms with Crippen molar-refractivity contribution >= 4 is 62.8 Å². The maximum atomic E-state index is 13.0. The number of aryl methyl sites for hydroxylation is 2. The predicted octanol–water partition coefficient (Wildman–Crippen LogP) is 5.74. The number of carbonyl (C=O) groups excluding carboxylic acids is 2. The quantitative estimate of drug-likeness (QED) is 0.0953. The molecular weight excluding hydrogens is 808 g/mol. The van der Waals surface area contributed by atoms with E-state index in [4.69, 9.17) is 20.5 Å². The summed E-state index contributed by atoms with van der Waals surface area (Å²) in [5, 5.41) is 5.18. The summed E-state index contributed by atoms with van der Waals surface area (Å²) in [7, 11) is -11.6. The van der Waals surface area contributed by atoms with E-state index in [2.05, 4.69) is 30.6 Å². The fourth-order valence-corrected chi connectivity index (χ4v) is 8.37. The molecule has 0 saturated heterocycles. The van der Waals surface area contributed by atoms with E-state index in [1.54, 1.807) is 0 Å². The van der Waals surface area contributed by atoms with Crippen molar-refractivity contribution in [3.8, 4) is 22.5 Å². The molecule has 0 bridgehead atoms. The van der Waals surface area contributed by atoms with Crippen LogP contribution in [0.25, 0.3) is 22.5 Å². The summed E-state index contributed by atoms with van der Waals surface area (Å²) in [4.78, 5) is 42.3. The van der Waals surface area contributed by atoms with Gasteiger partial charge in [-0.25, -0.2) is 36.8 Å². The normalized spacial score (nSPS) is 11.5. The summed E-state index contributed by atoms with van der Waals surface area (Å²) in [6, 6.07) is 24.9. The van der Waals surface area contributed by atoms with Crippen molar-refractivity contribution in [1.82, 2.24) is 19.9 Å². The number of aromatic nitrogens is 4. The van der Waals surface area contributed by atoms with Crippen LogP contribution in [0.5, 0.6) is 0 Å². The number of sulfone groups is 2. The zero-order valence-corrected chi connectivity index (χ0v) is 33.2. The van der Waals surface area contributed by atoms with Crippen LogP contribution in [0, 0.1) is 13.8 Å². The molecule has 0 aliphatic carbocycles. The number of amides is 2. The third-order valence-electron chi connectivity index (χ3n) is 8.30. The molecule has 0 atom stereocenters. The molecule has 0 aliphatic rings. The van der Waals surface area contributed by atoms with Gasteiger partial charge >= 0.3 is 8.25 Å². The van der Waals surface area contributed by atoms with Crippen molar-refractivity contribution in [2.75, 3.05) is 34.0 Å². The average molecular weight is 842 g/mol. The monoisotopic (exact) mass is 841 g/mol. The van der Waals surface area contributed by atoms with Gasteiger partial charge in [0.05, 0.1) is 33.6 Å². The van der Waals surface area contributed by atoms with E-state index < -0.39 is 51.6 Å². The van der Waals surface area contributed by atoms with E-state index in [1.165, 1.54) is 60.9 Å². The van der Waals surface area contributed by atoms with E-state index in [9.17, 15) is 31.0 Å². The van der Waals surface area contributed by atoms with Crippen LogP contribution in [0.2, 0.25) is 0 Å². The molecule has 17 nitrogen and oxygen atoms in total. The second kappa shape index (κ2) is 17.3. The van der Waals surface area contributed by atoms with Crippen LogP contribution in [0.4, 0.5) is 23.0 Å². The van der Waals surface area contributed by atoms with Crippen LogP contribution in [0.3, 0.4) is 0 Å². The number of carbonyl (C=O) groups is 2. The van der Waals surface area contributed by atoms with Gasteiger partial charge in [0.25, 0.3) is 11.8 Å². The zero-order valence-electron chi connectivity index (χ0n) is 30.7. The topological polar surface area (TPSA) is 266 Å². The maximum Gasteiger partial charge on any atom is 0.699 e. The molecule has 6 rings (SSSR count). The highest BCUT2D eigenvalue weighted by molar-refractivity contribution is 7.91. The summed E-state index contributed by atoms with van der Waals surface area (Å²) < 4.78 is 73.5. The van der Waals surface area contributed by atoms with Crippen LogP contribution in [-0.4, -0.2) is 60.5 Å². The SMILES string of the molecule is Cc1ccc(-c2cnc(N)c(C(=O)Nc3ccc(S(=O)(=O)CO[P+](=O)OCS(=O)(=O)c4ccc(NC(=O)c5nc(-c6ccc(C)cc6)cnc5N)cc4)cc3)n2)cc1. The maximum absolute atomic E-state index is 13.0. The first-order valence-corrected chi connectivity index (χ1v) is 21.4. The fourth-order valence-electron chi connectivity index (χ4n) is 5.13. The number of anilines is 4. The number of nitrogens with two attached hydrogens (primary N) is 2. The molecular formula is C38H34N8O9PS2+. The van der Waals surface area contributed by atoms with Gasteiger partial charge in [0.2, 0.25) is 31.6 Å². The van der Waals surface area contributed by atoms with Gasteiger partial charge in [-0.2, -0.15) is 0 Å². The Morgan fingerprint density at radius 2 is 0.931 bits per heavy atom. The number of hydrogen-bond donors (Lipinski definition) is 4. The third-order valence-corrected chi connectivity index (χ3v) is 12.2. The van der Waals surface area contributed by atoms with Crippen molar-refractivity contribution in [2.45, 2.75) is 23.6 Å². The van der Waals surface area contributed by atoms with Gasteiger partial charge in [-0.05, 0) is 62.4 Å². The second-order valence-electron chi connectivity index (χ2n) is 12.6. The average Bonchev–Trinajstić information content (AvgIpc) is 3.21. The molecule has 2 amide bonds. The van der Waals surface area contributed by atoms with Crippen LogP contribution < -0.4 is 22.1 Å². The second-order valence-corrected chi connectivity index (χ2v) is 17.5. The van der Waals surface area contributed by atoms with Crippen molar-refractivity contribution in [1.29, 1.82) is 0 Å². The highest BCUT2D eigenvalue weighted by atomic mass is 32.2. The van der Waals surface area contributed by atoms with Crippen molar-refractivity contribution in [3.05, 3.63) is 132 Å². The Morgan fingerprint density at radius 1 is 0.586 bits per heavy atom. The molecule has 296 valence electrons. The molecule has 0 fully saturated rings. The summed E-state index contributed by atoms with van der Waals surface area (Å²) in [5.41, 5.74) is 16.4. The Labute approximate surface area is 333 Å². The van der Waals surface area contributed by atoms with Crippen LogP contribution >= 0.6 is 8.25 Å². The van der Waals surface area contributed by atoms with E-state index >= 15 is 0 Å². The molecule has 6 aromatic rings. The smallest absolute Gasteiger partial charge is 0.382 e. The van der Waals surface area contributed by atoms with Gasteiger partial charge in [0.1, 0.15) is 0 Å². The Bertz CT molecular complexity index is 2550. The van der Waals surface area contributed by atoms with E-state index in [1.807, 2.05) is 62.4 Å². The number of benzene rings is 4. The minimum atomic E-state index is -4.20. The first kappa shape index (κ1) is 41.1. The summed E-state index contributed by atoms with van der Waals surface area (Å²) in [5.74, 6) is -3.78. The summed E-state index contributed by atoms with van der Waals surface area (Å²) in [6.07, 6.45) is 2.89. The Kier molecular flexibility index (Phi) is 12.3. The minimum absolute atomic E-state index is 0.105. The van der Waals surface area contributed by atoms with Gasteiger partial charge < -0.3 is 22.1 Å². The molecule has 0 saturated carbocycles. The Morgan fingerprint density at radius 3 is 1.28 bits per heavy atom. The van der Waals surface area contributed by atoms with Crippen LogP contribution in [-0.2, 0) is 33.3 Å². The van der Waals surface area contributed by atoms with Crippen molar-refractivity contribution in [3.63, 3.8) is 0 Å². The molecule has 0 aliphatic heterocycles. The molecule has 0 radical (unpaired) electrons. The molecule has 2 aromatic heterocycles. The van der Waals surface area contributed by atoms with E-state index in [-0.39, 0.29) is 44.2 Å². The van der Waals surface area contributed by atoms with E-state index in [0.717, 1.165) is 22.3 Å². The molecule has 2 heterocycles. The first-order chi connectivity index (χ1) is 27.6. The summed E-state index contributed by atoms with van der Waals surface area (Å²) >= 11 is 0. The lowest BCUT2D eigenvalue weighted by Crippen LogP contribution is -2.17. The standard InChI is InChI=1S/C38H33N8O9PS2/c1-23-3-7-25(8-4-23)31-19-41-35(39)33(45-31)37(47)43-27-11-15-29(16-12-27)57(50,51)21-54-56(49)55-22-58(52,53)30-17-13-28(14-18-30)44-38(48)34-36(40)42-20-32(46-34)26-9-5-24(2)6-10-26/h3-20H,21-22H2,1-2H3,(H5-,39,40,41,42,43,44,47,48)/p+1. The van der Waals surface area contributed by atoms with Gasteiger partial charge in [0, 0.05) is 27.1 Å². The number of nitrogens with zero attached hydrogens (tertiary/aromatic N) is 4. The van der Waals surface area contributed by atoms with Gasteiger partial charge in [-0.1, -0.05) is 59.7 Å². The minimum Gasteiger partial charge on any atom is -0.382 e. The largest absolute Gasteiger partial charge is 0.699 e. The Hall–Kier alpha value is -6.50. The number of nitrogen functional groups attached to an aromatic ring is 2. The zero-order chi connectivity index (χ0) is 41.6. The van der Waals surface area contributed by atoms with Crippen LogP contribution in [0.15, 0.2) is 119 Å². The molecule has 20 heteroatoms. The van der Waals surface area contributed by atoms with Gasteiger partial charge in [0.15, 0.2) is 23.0 Å². The lowest BCUT2D eigenvalue weighted by Gasteiger charge is -2.09. The van der Waals surface area contributed by atoms with Crippen molar-refractivity contribution < 1.29 is 40.0 Å². The molecule has 58 heavy (non-hydrogen) atoms. The number of hydrogen-bond acceptors (Lipinski definition) is 15. The predicted molar refractivity (Wildman–Crippen MR) is 216 cm³/mol. The molecule has 0 spiro atoms. The molecule has 0 unspecified atom stereocenters. The fraction of sp³-hybridized carbons (Fsp3) is 0.105. The molecule has 6 N–H and O–H groups in total.